The number of nitrogens with zero attached hydrogens (tertiary/aromatic N) is 1. The van der Waals surface area contributed by atoms with E-state index in [1.165, 1.54) is 0 Å². The van der Waals surface area contributed by atoms with Gasteiger partial charge in [0.2, 0.25) is 5.91 Å². The zero-order valence-electron chi connectivity index (χ0n) is 10.2. The number of amides is 1. The van der Waals surface area contributed by atoms with Gasteiger partial charge in [-0.3, -0.25) is 4.79 Å². The summed E-state index contributed by atoms with van der Waals surface area (Å²) in [6.45, 7) is 2.12. The molecule has 1 amide bonds. The molecule has 1 rings (SSSR count). The summed E-state index contributed by atoms with van der Waals surface area (Å²) in [6.07, 6.45) is 0. The molecule has 0 aliphatic rings. The zero-order chi connectivity index (χ0) is 13.0. The minimum Gasteiger partial charge on any atom is -0.495 e. The number of rotatable bonds is 4. The Bertz CT molecular complexity index is 409. The van der Waals surface area contributed by atoms with Crippen LogP contribution in [0.2, 0.25) is 5.02 Å². The predicted octanol–water partition coefficient (Wildman–Crippen LogP) is 1.91. The number of benzene rings is 1. The predicted molar refractivity (Wildman–Crippen MR) is 69.6 cm³/mol. The Kier molecular flexibility index (Phi) is 4.78. The van der Waals surface area contributed by atoms with Crippen LogP contribution in [0.4, 0.5) is 5.69 Å². The fourth-order valence-corrected chi connectivity index (χ4v) is 1.67. The van der Waals surface area contributed by atoms with Crippen LogP contribution in [0.1, 0.15) is 6.92 Å². The molecule has 0 aliphatic carbocycles. The smallest absolute Gasteiger partial charge is 0.230 e. The van der Waals surface area contributed by atoms with E-state index in [1.807, 2.05) is 0 Å². The number of nitrogens with two attached hydrogens (primary N) is 1. The highest BCUT2D eigenvalue weighted by Gasteiger charge is 2.17. The zero-order valence-corrected chi connectivity index (χ0v) is 11.0. The molecule has 0 aliphatic heterocycles. The van der Waals surface area contributed by atoms with Gasteiger partial charge < -0.3 is 15.4 Å². The van der Waals surface area contributed by atoms with E-state index >= 15 is 0 Å². The van der Waals surface area contributed by atoms with Crippen molar-refractivity contribution in [2.75, 3.05) is 25.6 Å². The Balaban J connectivity index is 2.93. The molecule has 1 atom stereocenters. The lowest BCUT2D eigenvalue weighted by Gasteiger charge is -2.21. The number of hydrogen-bond acceptors (Lipinski definition) is 3. The molecule has 17 heavy (non-hydrogen) atoms. The summed E-state index contributed by atoms with van der Waals surface area (Å²) in [6, 6.07) is 5.21. The highest BCUT2D eigenvalue weighted by atomic mass is 35.5. The SMILES string of the molecule is COc1ccc(N(C)C(=O)C(C)CN)cc1Cl. The molecular formula is C12H17ClN2O2. The Hall–Kier alpha value is -1.26. The topological polar surface area (TPSA) is 55.6 Å². The van der Waals surface area contributed by atoms with Gasteiger partial charge in [-0.1, -0.05) is 18.5 Å². The number of methoxy groups -OCH3 is 1. The fraction of sp³-hybridized carbons (Fsp3) is 0.417. The number of halogens is 1. The summed E-state index contributed by atoms with van der Waals surface area (Å²) in [4.78, 5) is 13.5. The molecule has 0 heterocycles. The second-order valence-electron chi connectivity index (χ2n) is 3.85. The second-order valence-corrected chi connectivity index (χ2v) is 4.26. The van der Waals surface area contributed by atoms with Crippen LogP contribution in [-0.2, 0) is 4.79 Å². The van der Waals surface area contributed by atoms with Gasteiger partial charge in [-0.25, -0.2) is 0 Å². The van der Waals surface area contributed by atoms with Crippen LogP contribution in [0.25, 0.3) is 0 Å². The maximum absolute atomic E-state index is 11.9. The van der Waals surface area contributed by atoms with Crippen LogP contribution in [0.3, 0.4) is 0 Å². The average Bonchev–Trinajstić information content (AvgIpc) is 2.35. The Morgan fingerprint density at radius 2 is 2.24 bits per heavy atom. The van der Waals surface area contributed by atoms with Crippen molar-refractivity contribution in [3.05, 3.63) is 23.2 Å². The van der Waals surface area contributed by atoms with E-state index in [2.05, 4.69) is 0 Å². The van der Waals surface area contributed by atoms with E-state index in [-0.39, 0.29) is 11.8 Å². The summed E-state index contributed by atoms with van der Waals surface area (Å²) in [7, 11) is 3.25. The molecule has 0 radical (unpaired) electrons. The number of ether oxygens (including phenoxy) is 1. The summed E-state index contributed by atoms with van der Waals surface area (Å²) >= 11 is 6.00. The Labute approximate surface area is 106 Å². The first-order valence-electron chi connectivity index (χ1n) is 5.32. The van der Waals surface area contributed by atoms with Crippen molar-refractivity contribution in [1.82, 2.24) is 0 Å². The lowest BCUT2D eigenvalue weighted by Crippen LogP contribution is -2.35. The van der Waals surface area contributed by atoms with Crippen molar-refractivity contribution in [3.8, 4) is 5.75 Å². The standard InChI is InChI=1S/C12H17ClN2O2/c1-8(7-14)12(16)15(2)9-4-5-11(17-3)10(13)6-9/h4-6,8H,7,14H2,1-3H3. The third-order valence-electron chi connectivity index (χ3n) is 2.63. The molecule has 94 valence electrons. The molecule has 5 heteroatoms. The molecular weight excluding hydrogens is 240 g/mol. The third-order valence-corrected chi connectivity index (χ3v) is 2.92. The third kappa shape index (κ3) is 3.11. The Morgan fingerprint density at radius 3 is 2.71 bits per heavy atom. The quantitative estimate of drug-likeness (QED) is 0.895. The average molecular weight is 257 g/mol. The van der Waals surface area contributed by atoms with Crippen LogP contribution >= 0.6 is 11.6 Å². The van der Waals surface area contributed by atoms with Gasteiger partial charge in [-0.2, -0.15) is 0 Å². The van der Waals surface area contributed by atoms with Gasteiger partial charge in [-0.05, 0) is 18.2 Å². The van der Waals surface area contributed by atoms with Gasteiger partial charge in [-0.15, -0.1) is 0 Å². The highest BCUT2D eigenvalue weighted by molar-refractivity contribution is 6.32. The van der Waals surface area contributed by atoms with E-state index < -0.39 is 0 Å². The summed E-state index contributed by atoms with van der Waals surface area (Å²) in [5, 5.41) is 0.477. The number of anilines is 1. The molecule has 0 aromatic heterocycles. The minimum absolute atomic E-state index is 0.0336. The molecule has 0 saturated carbocycles. The molecule has 2 N–H and O–H groups in total. The number of carbonyl (C=O) groups excluding carboxylic acids is 1. The van der Waals surface area contributed by atoms with Crippen molar-refractivity contribution in [3.63, 3.8) is 0 Å². The van der Waals surface area contributed by atoms with Gasteiger partial charge in [0, 0.05) is 25.2 Å². The van der Waals surface area contributed by atoms with E-state index in [0.717, 1.165) is 5.69 Å². The van der Waals surface area contributed by atoms with E-state index in [0.29, 0.717) is 17.3 Å². The fourth-order valence-electron chi connectivity index (χ4n) is 1.42. The number of carbonyl (C=O) groups is 1. The minimum atomic E-state index is -0.208. The molecule has 1 aromatic rings. The molecule has 0 saturated heterocycles. The summed E-state index contributed by atoms with van der Waals surface area (Å²) in [5.41, 5.74) is 6.19. The van der Waals surface area contributed by atoms with Crippen molar-refractivity contribution in [2.24, 2.45) is 11.7 Å². The van der Waals surface area contributed by atoms with Crippen molar-refractivity contribution in [1.29, 1.82) is 0 Å². The summed E-state index contributed by atoms with van der Waals surface area (Å²) in [5.74, 6) is 0.345. The van der Waals surface area contributed by atoms with Gasteiger partial charge in [0.25, 0.3) is 0 Å². The molecule has 1 aromatic carbocycles. The van der Waals surface area contributed by atoms with Crippen LogP contribution in [0.5, 0.6) is 5.75 Å². The van der Waals surface area contributed by atoms with Gasteiger partial charge in [0.05, 0.1) is 12.1 Å². The van der Waals surface area contributed by atoms with Crippen LogP contribution < -0.4 is 15.4 Å². The van der Waals surface area contributed by atoms with Gasteiger partial charge >= 0.3 is 0 Å². The monoisotopic (exact) mass is 256 g/mol. The summed E-state index contributed by atoms with van der Waals surface area (Å²) < 4.78 is 5.05. The van der Waals surface area contributed by atoms with Crippen LogP contribution in [-0.4, -0.2) is 26.6 Å². The Morgan fingerprint density at radius 1 is 1.59 bits per heavy atom. The first-order chi connectivity index (χ1) is 8.01. The van der Waals surface area contributed by atoms with Gasteiger partial charge in [0.1, 0.15) is 5.75 Å². The van der Waals surface area contributed by atoms with Crippen LogP contribution in [0, 0.1) is 5.92 Å². The van der Waals surface area contributed by atoms with Crippen molar-refractivity contribution in [2.45, 2.75) is 6.92 Å². The maximum atomic E-state index is 11.9. The van der Waals surface area contributed by atoms with Crippen molar-refractivity contribution < 1.29 is 9.53 Å². The highest BCUT2D eigenvalue weighted by Crippen LogP contribution is 2.29. The largest absolute Gasteiger partial charge is 0.495 e. The lowest BCUT2D eigenvalue weighted by atomic mass is 10.1. The lowest BCUT2D eigenvalue weighted by molar-refractivity contribution is -0.121. The number of hydrogen-bond donors (Lipinski definition) is 1. The van der Waals surface area contributed by atoms with E-state index in [4.69, 9.17) is 22.1 Å². The molecule has 0 bridgehead atoms. The second kappa shape index (κ2) is 5.89. The molecule has 0 spiro atoms. The molecule has 0 fully saturated rings. The maximum Gasteiger partial charge on any atom is 0.230 e. The van der Waals surface area contributed by atoms with E-state index in [9.17, 15) is 4.79 Å². The van der Waals surface area contributed by atoms with Crippen LogP contribution in [0.15, 0.2) is 18.2 Å². The normalized spacial score (nSPS) is 12.1. The van der Waals surface area contributed by atoms with E-state index in [1.54, 1.807) is 44.2 Å². The molecule has 4 nitrogen and oxygen atoms in total. The first-order valence-corrected chi connectivity index (χ1v) is 5.70. The van der Waals surface area contributed by atoms with Crippen molar-refractivity contribution >= 4 is 23.2 Å². The van der Waals surface area contributed by atoms with Gasteiger partial charge in [0.15, 0.2) is 0 Å². The first kappa shape index (κ1) is 13.8. The molecule has 1 unspecified atom stereocenters.